The van der Waals surface area contributed by atoms with E-state index in [4.69, 9.17) is 4.74 Å². The first kappa shape index (κ1) is 11.9. The molecule has 1 aromatic carbocycles. The summed E-state index contributed by atoms with van der Waals surface area (Å²) >= 11 is 3.53. The van der Waals surface area contributed by atoms with Crippen LogP contribution in [0.1, 0.15) is 18.4 Å². The third-order valence-electron chi connectivity index (χ3n) is 3.23. The number of likely N-dealkylation sites (N-methyl/N-ethyl adjacent to an activating group) is 1. The van der Waals surface area contributed by atoms with E-state index in [-0.39, 0.29) is 0 Å². The Kier molecular flexibility index (Phi) is 3.87. The third-order valence-corrected chi connectivity index (χ3v) is 3.85. The van der Waals surface area contributed by atoms with Crippen molar-refractivity contribution in [3.05, 3.63) is 28.2 Å². The van der Waals surface area contributed by atoms with Crippen molar-refractivity contribution in [3.8, 4) is 5.75 Å². The number of rotatable bonds is 5. The molecule has 0 amide bonds. The van der Waals surface area contributed by atoms with Gasteiger partial charge in [-0.2, -0.15) is 0 Å². The summed E-state index contributed by atoms with van der Waals surface area (Å²) in [6, 6.07) is 6.96. The Balaban J connectivity index is 2.05. The zero-order chi connectivity index (χ0) is 11.5. The van der Waals surface area contributed by atoms with Crippen LogP contribution in [-0.4, -0.2) is 20.2 Å². The highest BCUT2D eigenvalue weighted by Gasteiger charge is 2.29. The first-order valence-corrected chi connectivity index (χ1v) is 6.53. The van der Waals surface area contributed by atoms with Crippen molar-refractivity contribution >= 4 is 15.9 Å². The van der Waals surface area contributed by atoms with Crippen LogP contribution in [0.25, 0.3) is 0 Å². The smallest absolute Gasteiger partial charge is 0.133 e. The van der Waals surface area contributed by atoms with Gasteiger partial charge in [0.15, 0.2) is 0 Å². The Morgan fingerprint density at radius 3 is 2.75 bits per heavy atom. The van der Waals surface area contributed by atoms with E-state index in [1.165, 1.54) is 18.4 Å². The molecule has 1 saturated carbocycles. The van der Waals surface area contributed by atoms with Crippen molar-refractivity contribution in [1.29, 1.82) is 0 Å². The summed E-state index contributed by atoms with van der Waals surface area (Å²) in [6.45, 7) is 0. The Bertz CT molecular complexity index is 363. The Labute approximate surface area is 106 Å². The molecule has 0 saturated heterocycles. The van der Waals surface area contributed by atoms with Gasteiger partial charge in [0.05, 0.1) is 11.6 Å². The largest absolute Gasteiger partial charge is 0.496 e. The van der Waals surface area contributed by atoms with E-state index in [1.807, 2.05) is 6.07 Å². The van der Waals surface area contributed by atoms with Crippen LogP contribution in [0.5, 0.6) is 5.75 Å². The summed E-state index contributed by atoms with van der Waals surface area (Å²) in [7, 11) is 3.75. The molecule has 1 fully saturated rings. The van der Waals surface area contributed by atoms with Crippen molar-refractivity contribution in [2.24, 2.45) is 5.92 Å². The predicted molar refractivity (Wildman–Crippen MR) is 70.0 cm³/mol. The zero-order valence-electron chi connectivity index (χ0n) is 9.79. The normalized spacial score (nSPS) is 17.2. The maximum absolute atomic E-state index is 5.23. The topological polar surface area (TPSA) is 21.3 Å². The Morgan fingerprint density at radius 2 is 2.25 bits per heavy atom. The van der Waals surface area contributed by atoms with Gasteiger partial charge in [0.25, 0.3) is 0 Å². The standard InChI is InChI=1S/C13H18BrNO/c1-15-12(10-4-5-10)8-9-3-6-13(16-2)11(14)7-9/h3,6-7,10,12,15H,4-5,8H2,1-2H3. The van der Waals surface area contributed by atoms with Gasteiger partial charge in [-0.3, -0.25) is 0 Å². The maximum atomic E-state index is 5.23. The summed E-state index contributed by atoms with van der Waals surface area (Å²) in [5, 5.41) is 3.41. The number of hydrogen-bond acceptors (Lipinski definition) is 2. The van der Waals surface area contributed by atoms with E-state index in [1.54, 1.807) is 7.11 Å². The van der Waals surface area contributed by atoms with Crippen LogP contribution in [0.15, 0.2) is 22.7 Å². The lowest BCUT2D eigenvalue weighted by Crippen LogP contribution is -2.29. The van der Waals surface area contributed by atoms with Gasteiger partial charge in [-0.15, -0.1) is 0 Å². The lowest BCUT2D eigenvalue weighted by Gasteiger charge is -2.15. The van der Waals surface area contributed by atoms with Crippen LogP contribution < -0.4 is 10.1 Å². The highest BCUT2D eigenvalue weighted by atomic mass is 79.9. The molecule has 0 aromatic heterocycles. The molecule has 1 N–H and O–H groups in total. The average Bonchev–Trinajstić information content (AvgIpc) is 3.10. The summed E-state index contributed by atoms with van der Waals surface area (Å²) in [5.74, 6) is 1.78. The number of halogens is 1. The molecule has 88 valence electrons. The number of nitrogens with one attached hydrogen (secondary N) is 1. The average molecular weight is 284 g/mol. The molecule has 0 aliphatic heterocycles. The van der Waals surface area contributed by atoms with Gasteiger partial charge in [-0.1, -0.05) is 6.07 Å². The number of benzene rings is 1. The van der Waals surface area contributed by atoms with Crippen LogP contribution in [0.2, 0.25) is 0 Å². The van der Waals surface area contributed by atoms with Crippen molar-refractivity contribution in [2.75, 3.05) is 14.2 Å². The van der Waals surface area contributed by atoms with Crippen LogP contribution in [0.4, 0.5) is 0 Å². The molecule has 1 aliphatic rings. The molecule has 0 spiro atoms. The highest BCUT2D eigenvalue weighted by molar-refractivity contribution is 9.10. The van der Waals surface area contributed by atoms with Crippen molar-refractivity contribution in [3.63, 3.8) is 0 Å². The fourth-order valence-corrected chi connectivity index (χ4v) is 2.68. The van der Waals surface area contributed by atoms with Crippen LogP contribution in [0, 0.1) is 5.92 Å². The van der Waals surface area contributed by atoms with Gasteiger partial charge in [0.1, 0.15) is 5.75 Å². The van der Waals surface area contributed by atoms with Gasteiger partial charge >= 0.3 is 0 Å². The SMILES string of the molecule is CNC(Cc1ccc(OC)c(Br)c1)C1CC1. The molecule has 2 nitrogen and oxygen atoms in total. The van der Waals surface area contributed by atoms with E-state index in [0.29, 0.717) is 6.04 Å². The van der Waals surface area contributed by atoms with E-state index in [2.05, 4.69) is 40.4 Å². The molecule has 0 heterocycles. The molecule has 1 atom stereocenters. The maximum Gasteiger partial charge on any atom is 0.133 e. The molecular formula is C13H18BrNO. The van der Waals surface area contributed by atoms with Gasteiger partial charge < -0.3 is 10.1 Å². The molecule has 1 aromatic rings. The monoisotopic (exact) mass is 283 g/mol. The van der Waals surface area contributed by atoms with E-state index < -0.39 is 0 Å². The minimum atomic E-state index is 0.625. The number of hydrogen-bond donors (Lipinski definition) is 1. The van der Waals surface area contributed by atoms with Gasteiger partial charge in [0.2, 0.25) is 0 Å². The second-order valence-electron chi connectivity index (χ2n) is 4.41. The first-order chi connectivity index (χ1) is 7.74. The van der Waals surface area contributed by atoms with Crippen molar-refractivity contribution < 1.29 is 4.74 Å². The molecule has 3 heteroatoms. The predicted octanol–water partition coefficient (Wildman–Crippen LogP) is 3.00. The minimum Gasteiger partial charge on any atom is -0.496 e. The third kappa shape index (κ3) is 2.77. The highest BCUT2D eigenvalue weighted by Crippen LogP contribution is 2.34. The van der Waals surface area contributed by atoms with Gasteiger partial charge in [-0.05, 0) is 65.9 Å². The van der Waals surface area contributed by atoms with Crippen LogP contribution in [-0.2, 0) is 6.42 Å². The summed E-state index contributed by atoms with van der Waals surface area (Å²) in [5.41, 5.74) is 1.36. The molecule has 1 aliphatic carbocycles. The fourth-order valence-electron chi connectivity index (χ4n) is 2.09. The van der Waals surface area contributed by atoms with Crippen molar-refractivity contribution in [2.45, 2.75) is 25.3 Å². The molecule has 2 rings (SSSR count). The van der Waals surface area contributed by atoms with Crippen molar-refractivity contribution in [1.82, 2.24) is 5.32 Å². The fraction of sp³-hybridized carbons (Fsp3) is 0.538. The second kappa shape index (κ2) is 5.19. The van der Waals surface area contributed by atoms with E-state index in [9.17, 15) is 0 Å². The number of ether oxygens (including phenoxy) is 1. The first-order valence-electron chi connectivity index (χ1n) is 5.74. The molecule has 0 radical (unpaired) electrons. The zero-order valence-corrected chi connectivity index (χ0v) is 11.4. The summed E-state index contributed by atoms with van der Waals surface area (Å²) in [4.78, 5) is 0. The summed E-state index contributed by atoms with van der Waals surface area (Å²) < 4.78 is 6.27. The lowest BCUT2D eigenvalue weighted by atomic mass is 10.0. The Morgan fingerprint density at radius 1 is 1.50 bits per heavy atom. The molecule has 16 heavy (non-hydrogen) atoms. The van der Waals surface area contributed by atoms with Crippen LogP contribution in [0.3, 0.4) is 0 Å². The Hall–Kier alpha value is -0.540. The molecule has 0 bridgehead atoms. The quantitative estimate of drug-likeness (QED) is 0.897. The van der Waals surface area contributed by atoms with Gasteiger partial charge in [0, 0.05) is 6.04 Å². The molecule has 1 unspecified atom stereocenters. The second-order valence-corrected chi connectivity index (χ2v) is 5.26. The van der Waals surface area contributed by atoms with E-state index >= 15 is 0 Å². The van der Waals surface area contributed by atoms with E-state index in [0.717, 1.165) is 22.6 Å². The minimum absolute atomic E-state index is 0.625. The van der Waals surface area contributed by atoms with Gasteiger partial charge in [-0.25, -0.2) is 0 Å². The number of methoxy groups -OCH3 is 1. The molecular weight excluding hydrogens is 266 g/mol. The van der Waals surface area contributed by atoms with Crippen LogP contribution >= 0.6 is 15.9 Å². The lowest BCUT2D eigenvalue weighted by molar-refractivity contribution is 0.411. The summed E-state index contributed by atoms with van der Waals surface area (Å²) in [6.07, 6.45) is 3.86.